The van der Waals surface area contributed by atoms with Gasteiger partial charge in [0, 0.05) is 44.0 Å². The van der Waals surface area contributed by atoms with Crippen LogP contribution in [0.5, 0.6) is 0 Å². The average molecular weight is 439 g/mol. The van der Waals surface area contributed by atoms with Gasteiger partial charge >= 0.3 is 0 Å². The van der Waals surface area contributed by atoms with Gasteiger partial charge in [0.2, 0.25) is 0 Å². The van der Waals surface area contributed by atoms with Gasteiger partial charge in [0.25, 0.3) is 5.91 Å². The van der Waals surface area contributed by atoms with Crippen molar-refractivity contribution in [3.63, 3.8) is 0 Å². The van der Waals surface area contributed by atoms with Crippen molar-refractivity contribution in [2.45, 2.75) is 45.2 Å². The van der Waals surface area contributed by atoms with Gasteiger partial charge < -0.3 is 15.3 Å². The van der Waals surface area contributed by atoms with Crippen LogP contribution in [-0.4, -0.2) is 56.0 Å². The summed E-state index contributed by atoms with van der Waals surface area (Å²) < 4.78 is 16.1. The molecule has 1 fully saturated rings. The number of anilines is 2. The molecular formula is C23H27FN6O2. The van der Waals surface area contributed by atoms with E-state index in [2.05, 4.69) is 29.2 Å². The maximum absolute atomic E-state index is 14.6. The Balaban J connectivity index is 1.49. The Kier molecular flexibility index (Phi) is 4.88. The number of carbonyl (C=O) groups is 1. The molecular weight excluding hydrogens is 411 g/mol. The van der Waals surface area contributed by atoms with Gasteiger partial charge in [-0.15, -0.1) is 0 Å². The maximum atomic E-state index is 14.6. The van der Waals surface area contributed by atoms with Gasteiger partial charge in [0.15, 0.2) is 11.5 Å². The lowest BCUT2D eigenvalue weighted by Crippen LogP contribution is -2.44. The Morgan fingerprint density at radius 3 is 2.81 bits per heavy atom. The number of nitrogens with one attached hydrogen (secondary N) is 1. The van der Waals surface area contributed by atoms with E-state index in [0.29, 0.717) is 35.8 Å². The second-order valence-electron chi connectivity index (χ2n) is 9.68. The minimum Gasteiger partial charge on any atom is -0.393 e. The quantitative estimate of drug-likeness (QED) is 0.650. The molecule has 1 saturated heterocycles. The van der Waals surface area contributed by atoms with Gasteiger partial charge in [-0.3, -0.25) is 4.79 Å². The predicted octanol–water partition coefficient (Wildman–Crippen LogP) is 2.80. The van der Waals surface area contributed by atoms with Gasteiger partial charge in [-0.25, -0.2) is 18.9 Å². The molecule has 0 unspecified atom stereocenters. The van der Waals surface area contributed by atoms with Crippen LogP contribution in [0, 0.1) is 5.41 Å². The molecule has 4 heterocycles. The highest BCUT2D eigenvalue weighted by Gasteiger charge is 2.36. The highest BCUT2D eigenvalue weighted by atomic mass is 19.1. The first kappa shape index (κ1) is 20.8. The van der Waals surface area contributed by atoms with Crippen LogP contribution in [0.2, 0.25) is 0 Å². The van der Waals surface area contributed by atoms with Gasteiger partial charge in [0.05, 0.1) is 18.5 Å². The summed E-state index contributed by atoms with van der Waals surface area (Å²) in [6.45, 7) is 4.78. The number of aliphatic hydroxyl groups excluding tert-OH is 1. The van der Waals surface area contributed by atoms with Crippen molar-refractivity contribution in [2.24, 2.45) is 5.41 Å². The Morgan fingerprint density at radius 1 is 1.28 bits per heavy atom. The van der Waals surface area contributed by atoms with Crippen molar-refractivity contribution >= 4 is 23.1 Å². The summed E-state index contributed by atoms with van der Waals surface area (Å²) in [6.07, 6.45) is 7.05. The maximum Gasteiger partial charge on any atom is 0.261 e. The molecule has 168 valence electrons. The van der Waals surface area contributed by atoms with Crippen LogP contribution in [0.1, 0.15) is 48.3 Å². The molecule has 2 N–H and O–H groups in total. The molecule has 5 rings (SSSR count). The summed E-state index contributed by atoms with van der Waals surface area (Å²) >= 11 is 0. The van der Waals surface area contributed by atoms with E-state index in [9.17, 15) is 14.3 Å². The molecule has 9 heteroatoms. The first-order valence-corrected chi connectivity index (χ1v) is 10.9. The van der Waals surface area contributed by atoms with E-state index in [0.717, 1.165) is 24.1 Å². The van der Waals surface area contributed by atoms with Gasteiger partial charge in [-0.2, -0.15) is 5.10 Å². The number of aromatic nitrogens is 4. The van der Waals surface area contributed by atoms with Crippen LogP contribution in [0.15, 0.2) is 30.7 Å². The van der Waals surface area contributed by atoms with E-state index in [1.54, 1.807) is 23.0 Å². The standard InChI is InChI=1S/C23H27FN6O2/c1-22(2)11-15-10-17(28-21(32)16-13-26-30-7-3-6-25-19(16)30)20(27-18(15)12-22)29-8-4-23(24,14-31)5-9-29/h3,6-7,10,13,31H,4-5,8-9,11-12,14H2,1-2H3,(H,28,32). The number of nitrogens with zero attached hydrogens (tertiary/aromatic N) is 5. The number of pyridine rings is 1. The number of aliphatic hydroxyl groups is 1. The van der Waals surface area contributed by atoms with Gasteiger partial charge in [-0.1, -0.05) is 13.8 Å². The molecule has 0 bridgehead atoms. The highest BCUT2D eigenvalue weighted by molar-refractivity contribution is 6.09. The number of carbonyl (C=O) groups excluding carboxylic acids is 1. The monoisotopic (exact) mass is 438 g/mol. The number of alkyl halides is 1. The lowest BCUT2D eigenvalue weighted by Gasteiger charge is -2.36. The van der Waals surface area contributed by atoms with E-state index >= 15 is 0 Å². The van der Waals surface area contributed by atoms with Crippen molar-refractivity contribution in [2.75, 3.05) is 29.9 Å². The van der Waals surface area contributed by atoms with Crippen LogP contribution in [-0.2, 0) is 12.8 Å². The van der Waals surface area contributed by atoms with Gasteiger partial charge in [0.1, 0.15) is 11.2 Å². The van der Waals surface area contributed by atoms with E-state index in [1.165, 1.54) is 6.20 Å². The summed E-state index contributed by atoms with van der Waals surface area (Å²) in [6, 6.07) is 3.76. The number of hydrogen-bond acceptors (Lipinski definition) is 6. The topological polar surface area (TPSA) is 95.7 Å². The minimum atomic E-state index is -1.55. The van der Waals surface area contributed by atoms with Crippen LogP contribution < -0.4 is 10.2 Å². The molecule has 8 nitrogen and oxygen atoms in total. The Bertz CT molecular complexity index is 1180. The molecule has 0 radical (unpaired) electrons. The van der Waals surface area contributed by atoms with E-state index in [4.69, 9.17) is 4.98 Å². The van der Waals surface area contributed by atoms with Gasteiger partial charge in [-0.05, 0) is 36.0 Å². The van der Waals surface area contributed by atoms with Crippen molar-refractivity contribution in [3.05, 3.63) is 47.5 Å². The fourth-order valence-corrected chi connectivity index (χ4v) is 4.71. The molecule has 0 spiro atoms. The fourth-order valence-electron chi connectivity index (χ4n) is 4.71. The summed E-state index contributed by atoms with van der Waals surface area (Å²) in [5, 5.41) is 16.6. The zero-order chi connectivity index (χ0) is 22.5. The second-order valence-corrected chi connectivity index (χ2v) is 9.68. The zero-order valence-corrected chi connectivity index (χ0v) is 18.3. The first-order valence-electron chi connectivity index (χ1n) is 10.9. The molecule has 3 aromatic heterocycles. The molecule has 0 atom stereocenters. The average Bonchev–Trinajstić information content (AvgIpc) is 3.33. The lowest BCUT2D eigenvalue weighted by molar-refractivity contribution is 0.0480. The largest absolute Gasteiger partial charge is 0.393 e. The molecule has 1 amide bonds. The Morgan fingerprint density at radius 2 is 2.06 bits per heavy atom. The smallest absolute Gasteiger partial charge is 0.261 e. The van der Waals surface area contributed by atoms with E-state index in [-0.39, 0.29) is 24.2 Å². The molecule has 1 aliphatic carbocycles. The molecule has 1 aliphatic heterocycles. The van der Waals surface area contributed by atoms with E-state index in [1.807, 2.05) is 11.0 Å². The number of amides is 1. The molecule has 32 heavy (non-hydrogen) atoms. The fraction of sp³-hybridized carbons (Fsp3) is 0.478. The third-order valence-electron chi connectivity index (χ3n) is 6.50. The van der Waals surface area contributed by atoms with Crippen molar-refractivity contribution in [3.8, 4) is 0 Å². The van der Waals surface area contributed by atoms with Crippen LogP contribution in [0.3, 0.4) is 0 Å². The first-order chi connectivity index (χ1) is 15.3. The SMILES string of the molecule is CC1(C)Cc2cc(NC(=O)c3cnn4cccnc34)c(N3CCC(F)(CO)CC3)nc2C1. The molecule has 3 aromatic rings. The lowest BCUT2D eigenvalue weighted by atomic mass is 9.90. The molecule has 0 aromatic carbocycles. The van der Waals surface area contributed by atoms with E-state index < -0.39 is 12.3 Å². The third-order valence-corrected chi connectivity index (χ3v) is 6.50. The molecule has 0 saturated carbocycles. The van der Waals surface area contributed by atoms with Crippen molar-refractivity contribution in [1.82, 2.24) is 19.6 Å². The summed E-state index contributed by atoms with van der Waals surface area (Å²) in [5.41, 5.74) is 2.16. The third kappa shape index (κ3) is 3.70. The number of rotatable bonds is 4. The normalized spacial score (nSPS) is 19.2. The predicted molar refractivity (Wildman–Crippen MR) is 119 cm³/mol. The summed E-state index contributed by atoms with van der Waals surface area (Å²) in [5.74, 6) is 0.338. The Labute approximate surface area is 185 Å². The number of fused-ring (bicyclic) bond motifs is 2. The zero-order valence-electron chi connectivity index (χ0n) is 18.3. The summed E-state index contributed by atoms with van der Waals surface area (Å²) in [4.78, 5) is 24.4. The van der Waals surface area contributed by atoms with Crippen LogP contribution >= 0.6 is 0 Å². The van der Waals surface area contributed by atoms with Crippen molar-refractivity contribution < 1.29 is 14.3 Å². The summed E-state index contributed by atoms with van der Waals surface area (Å²) in [7, 11) is 0. The van der Waals surface area contributed by atoms with Crippen LogP contribution in [0.25, 0.3) is 5.65 Å². The number of halogens is 1. The van der Waals surface area contributed by atoms with Crippen LogP contribution in [0.4, 0.5) is 15.9 Å². The number of hydrogen-bond donors (Lipinski definition) is 2. The number of piperidine rings is 1. The van der Waals surface area contributed by atoms with Crippen molar-refractivity contribution in [1.29, 1.82) is 0 Å². The minimum absolute atomic E-state index is 0.106. The highest BCUT2D eigenvalue weighted by Crippen LogP contribution is 2.40. The second kappa shape index (κ2) is 7.51. The Hall–Kier alpha value is -3.07. The molecule has 2 aliphatic rings.